The van der Waals surface area contributed by atoms with Gasteiger partial charge in [-0.1, -0.05) is 20.3 Å². The monoisotopic (exact) mass is 290 g/mol. The van der Waals surface area contributed by atoms with Crippen LogP contribution in [0.2, 0.25) is 0 Å². The molecule has 0 heterocycles. The number of carbonyl (C=O) groups is 1. The van der Waals surface area contributed by atoms with Gasteiger partial charge in [0.15, 0.2) is 0 Å². The standard InChI is InChI=1S/C13H17F3N2O2/c1-3-7(2)11(17)12(20)18-9-6-8(13(14,15)16)4-5-10(9)19/h4-7,11,19H,3,17H2,1-2H3,(H,18,20). The lowest BCUT2D eigenvalue weighted by molar-refractivity contribution is -0.137. The number of nitrogens with two attached hydrogens (primary N) is 1. The normalized spacial score (nSPS) is 14.7. The van der Waals surface area contributed by atoms with Crippen molar-refractivity contribution in [2.45, 2.75) is 32.5 Å². The smallest absolute Gasteiger partial charge is 0.416 e. The highest BCUT2D eigenvalue weighted by Crippen LogP contribution is 2.34. The number of aromatic hydroxyl groups is 1. The van der Waals surface area contributed by atoms with Crippen LogP contribution in [0.4, 0.5) is 18.9 Å². The van der Waals surface area contributed by atoms with E-state index < -0.39 is 29.4 Å². The first-order valence-corrected chi connectivity index (χ1v) is 6.13. The van der Waals surface area contributed by atoms with E-state index in [0.29, 0.717) is 12.5 Å². The van der Waals surface area contributed by atoms with Crippen molar-refractivity contribution >= 4 is 11.6 Å². The number of carbonyl (C=O) groups excluding carboxylic acids is 1. The highest BCUT2D eigenvalue weighted by Gasteiger charge is 2.31. The SMILES string of the molecule is CCC(C)C(N)C(=O)Nc1cc(C(F)(F)F)ccc1O. The minimum absolute atomic E-state index is 0.122. The van der Waals surface area contributed by atoms with E-state index >= 15 is 0 Å². The second-order valence-electron chi connectivity index (χ2n) is 4.63. The highest BCUT2D eigenvalue weighted by atomic mass is 19.4. The third kappa shape index (κ3) is 3.86. The summed E-state index contributed by atoms with van der Waals surface area (Å²) < 4.78 is 37.7. The Morgan fingerprint density at radius 2 is 2.05 bits per heavy atom. The number of phenolic OH excluding ortho intramolecular Hbond substituents is 1. The van der Waals surface area contributed by atoms with Gasteiger partial charge in [-0.15, -0.1) is 0 Å². The molecular formula is C13H17F3N2O2. The lowest BCUT2D eigenvalue weighted by Gasteiger charge is -2.18. The second kappa shape index (κ2) is 6.13. The Kier molecular flexibility index (Phi) is 4.99. The second-order valence-corrected chi connectivity index (χ2v) is 4.63. The molecule has 0 radical (unpaired) electrons. The highest BCUT2D eigenvalue weighted by molar-refractivity contribution is 5.96. The number of hydrogen-bond donors (Lipinski definition) is 3. The van der Waals surface area contributed by atoms with E-state index in [-0.39, 0.29) is 11.6 Å². The first kappa shape index (κ1) is 16.3. The van der Waals surface area contributed by atoms with Crippen molar-refractivity contribution in [3.8, 4) is 5.75 Å². The number of benzene rings is 1. The fourth-order valence-electron chi connectivity index (χ4n) is 1.54. The summed E-state index contributed by atoms with van der Waals surface area (Å²) in [7, 11) is 0. The molecule has 0 aromatic heterocycles. The van der Waals surface area contributed by atoms with E-state index in [1.165, 1.54) is 0 Å². The molecule has 2 atom stereocenters. The van der Waals surface area contributed by atoms with Gasteiger partial charge in [-0.05, 0) is 24.1 Å². The number of amides is 1. The molecule has 20 heavy (non-hydrogen) atoms. The van der Waals surface area contributed by atoms with Crippen molar-refractivity contribution in [3.63, 3.8) is 0 Å². The molecule has 0 aliphatic heterocycles. The zero-order valence-electron chi connectivity index (χ0n) is 11.2. The number of alkyl halides is 3. The first-order valence-electron chi connectivity index (χ1n) is 6.13. The number of halogens is 3. The summed E-state index contributed by atoms with van der Waals surface area (Å²) in [6.07, 6.45) is -3.89. The van der Waals surface area contributed by atoms with Gasteiger partial charge in [0.2, 0.25) is 5.91 Å². The lowest BCUT2D eigenvalue weighted by atomic mass is 9.99. The molecule has 4 nitrogen and oxygen atoms in total. The molecule has 0 saturated heterocycles. The Morgan fingerprint density at radius 1 is 1.45 bits per heavy atom. The fraction of sp³-hybridized carbons (Fsp3) is 0.462. The van der Waals surface area contributed by atoms with Crippen molar-refractivity contribution in [3.05, 3.63) is 23.8 Å². The number of phenols is 1. The van der Waals surface area contributed by atoms with E-state index in [9.17, 15) is 23.1 Å². The molecule has 2 unspecified atom stereocenters. The fourth-order valence-corrected chi connectivity index (χ4v) is 1.54. The van der Waals surface area contributed by atoms with Crippen LogP contribution in [0.3, 0.4) is 0 Å². The first-order chi connectivity index (χ1) is 9.16. The van der Waals surface area contributed by atoms with Gasteiger partial charge in [0, 0.05) is 0 Å². The molecular weight excluding hydrogens is 273 g/mol. The van der Waals surface area contributed by atoms with Gasteiger partial charge in [-0.2, -0.15) is 13.2 Å². The minimum atomic E-state index is -4.55. The van der Waals surface area contributed by atoms with Crippen LogP contribution in [0, 0.1) is 5.92 Å². The topological polar surface area (TPSA) is 75.4 Å². The summed E-state index contributed by atoms with van der Waals surface area (Å²) in [5, 5.41) is 11.7. The summed E-state index contributed by atoms with van der Waals surface area (Å²) in [5.41, 5.74) is 4.42. The summed E-state index contributed by atoms with van der Waals surface area (Å²) in [6, 6.07) is 1.44. The molecule has 1 aromatic carbocycles. The Bertz CT molecular complexity index is 489. The Morgan fingerprint density at radius 3 is 2.55 bits per heavy atom. The quantitative estimate of drug-likeness (QED) is 0.746. The Hall–Kier alpha value is -1.76. The maximum atomic E-state index is 12.6. The molecule has 4 N–H and O–H groups in total. The summed E-state index contributed by atoms with van der Waals surface area (Å²) in [6.45, 7) is 3.61. The van der Waals surface area contributed by atoms with E-state index in [0.717, 1.165) is 12.1 Å². The predicted octanol–water partition coefficient (Wildman–Crippen LogP) is 2.72. The van der Waals surface area contributed by atoms with Crippen molar-refractivity contribution in [2.24, 2.45) is 11.7 Å². The summed E-state index contributed by atoms with van der Waals surface area (Å²) in [4.78, 5) is 11.8. The van der Waals surface area contributed by atoms with Gasteiger partial charge in [-0.25, -0.2) is 0 Å². The number of nitrogens with one attached hydrogen (secondary N) is 1. The molecule has 0 saturated carbocycles. The van der Waals surface area contributed by atoms with Crippen molar-refractivity contribution in [1.82, 2.24) is 0 Å². The van der Waals surface area contributed by atoms with Crippen LogP contribution in [0.5, 0.6) is 5.75 Å². The third-order valence-electron chi connectivity index (χ3n) is 3.14. The van der Waals surface area contributed by atoms with Crippen LogP contribution in [0.15, 0.2) is 18.2 Å². The number of rotatable bonds is 4. The molecule has 1 rings (SSSR count). The van der Waals surface area contributed by atoms with Crippen molar-refractivity contribution < 1.29 is 23.1 Å². The van der Waals surface area contributed by atoms with Crippen LogP contribution in [0.25, 0.3) is 0 Å². The molecule has 112 valence electrons. The molecule has 0 spiro atoms. The van der Waals surface area contributed by atoms with Gasteiger partial charge in [-0.3, -0.25) is 4.79 Å². The molecule has 0 aliphatic carbocycles. The largest absolute Gasteiger partial charge is 0.506 e. The van der Waals surface area contributed by atoms with Crippen LogP contribution in [0.1, 0.15) is 25.8 Å². The van der Waals surface area contributed by atoms with Gasteiger partial charge >= 0.3 is 6.18 Å². The van der Waals surface area contributed by atoms with E-state index in [1.54, 1.807) is 6.92 Å². The van der Waals surface area contributed by atoms with Gasteiger partial charge in [0.25, 0.3) is 0 Å². The molecule has 0 aliphatic rings. The van der Waals surface area contributed by atoms with Crippen LogP contribution in [-0.4, -0.2) is 17.1 Å². The zero-order valence-corrected chi connectivity index (χ0v) is 11.2. The number of hydrogen-bond acceptors (Lipinski definition) is 3. The predicted molar refractivity (Wildman–Crippen MR) is 69.2 cm³/mol. The van der Waals surface area contributed by atoms with E-state index in [1.807, 2.05) is 6.92 Å². The average Bonchev–Trinajstić information content (AvgIpc) is 2.38. The average molecular weight is 290 g/mol. The van der Waals surface area contributed by atoms with Gasteiger partial charge in [0.1, 0.15) is 5.75 Å². The summed E-state index contributed by atoms with van der Waals surface area (Å²) >= 11 is 0. The maximum absolute atomic E-state index is 12.6. The number of anilines is 1. The molecule has 7 heteroatoms. The molecule has 0 fully saturated rings. The van der Waals surface area contributed by atoms with Crippen molar-refractivity contribution in [1.29, 1.82) is 0 Å². The van der Waals surface area contributed by atoms with Crippen LogP contribution >= 0.6 is 0 Å². The van der Waals surface area contributed by atoms with Crippen LogP contribution < -0.4 is 11.1 Å². The third-order valence-corrected chi connectivity index (χ3v) is 3.14. The molecule has 1 amide bonds. The Balaban J connectivity index is 2.95. The van der Waals surface area contributed by atoms with Gasteiger partial charge < -0.3 is 16.2 Å². The zero-order chi connectivity index (χ0) is 15.5. The van der Waals surface area contributed by atoms with Crippen LogP contribution in [-0.2, 0) is 11.0 Å². The Labute approximate surface area is 114 Å². The maximum Gasteiger partial charge on any atom is 0.416 e. The van der Waals surface area contributed by atoms with E-state index in [2.05, 4.69) is 5.32 Å². The van der Waals surface area contributed by atoms with Gasteiger partial charge in [0.05, 0.1) is 17.3 Å². The summed E-state index contributed by atoms with van der Waals surface area (Å²) in [5.74, 6) is -1.19. The molecule has 1 aromatic rings. The van der Waals surface area contributed by atoms with Crippen molar-refractivity contribution in [2.75, 3.05) is 5.32 Å². The molecule has 0 bridgehead atoms. The minimum Gasteiger partial charge on any atom is -0.506 e. The van der Waals surface area contributed by atoms with E-state index in [4.69, 9.17) is 5.73 Å². The lowest BCUT2D eigenvalue weighted by Crippen LogP contribution is -2.40.